The molecule has 3 N–H and O–H groups in total. The van der Waals surface area contributed by atoms with Crippen LogP contribution in [0.2, 0.25) is 0 Å². The second kappa shape index (κ2) is 5.99. The Morgan fingerprint density at radius 3 is 2.50 bits per heavy atom. The Kier molecular flexibility index (Phi) is 5.12. The molecule has 6 nitrogen and oxygen atoms in total. The monoisotopic (exact) mass is 277 g/mol. The van der Waals surface area contributed by atoms with Gasteiger partial charge in [0.15, 0.2) is 0 Å². The van der Waals surface area contributed by atoms with E-state index in [1.807, 2.05) is 13.8 Å². The highest BCUT2D eigenvalue weighted by atomic mass is 32.2. The lowest BCUT2D eigenvalue weighted by Crippen LogP contribution is -2.47. The fourth-order valence-electron chi connectivity index (χ4n) is 2.25. The van der Waals surface area contributed by atoms with E-state index < -0.39 is 10.0 Å². The molecule has 7 heteroatoms. The van der Waals surface area contributed by atoms with E-state index in [9.17, 15) is 13.2 Å². The molecule has 0 aliphatic carbocycles. The normalized spacial score (nSPS) is 24.4. The first-order valence-electron chi connectivity index (χ1n) is 6.21. The van der Waals surface area contributed by atoms with E-state index in [1.165, 1.54) is 0 Å². The summed E-state index contributed by atoms with van der Waals surface area (Å²) in [7, 11) is -3.19. The highest BCUT2D eigenvalue weighted by molar-refractivity contribution is 7.88. The number of carbonyl (C=O) groups excluding carboxylic acids is 1. The summed E-state index contributed by atoms with van der Waals surface area (Å²) >= 11 is 0. The summed E-state index contributed by atoms with van der Waals surface area (Å²) in [5, 5.41) is 6.03. The van der Waals surface area contributed by atoms with Crippen LogP contribution in [0.25, 0.3) is 0 Å². The van der Waals surface area contributed by atoms with Gasteiger partial charge in [-0.25, -0.2) is 13.1 Å². The fraction of sp³-hybridized carbons (Fsp3) is 0.909. The van der Waals surface area contributed by atoms with E-state index in [0.29, 0.717) is 13.1 Å². The molecule has 1 heterocycles. The van der Waals surface area contributed by atoms with Crippen LogP contribution in [0.1, 0.15) is 20.3 Å². The third-order valence-corrected chi connectivity index (χ3v) is 4.25. The first-order chi connectivity index (χ1) is 8.28. The molecule has 18 heavy (non-hydrogen) atoms. The fourth-order valence-corrected chi connectivity index (χ4v) is 2.72. The lowest BCUT2D eigenvalue weighted by molar-refractivity contribution is -0.132. The summed E-state index contributed by atoms with van der Waals surface area (Å²) in [6, 6.07) is 0. The lowest BCUT2D eigenvalue weighted by Gasteiger charge is -2.31. The minimum absolute atomic E-state index is 0.0119. The Hall–Kier alpha value is -0.660. The summed E-state index contributed by atoms with van der Waals surface area (Å²) in [6.07, 6.45) is 1.93. The Morgan fingerprint density at radius 2 is 2.06 bits per heavy atom. The highest BCUT2D eigenvalue weighted by Crippen LogP contribution is 2.34. The van der Waals surface area contributed by atoms with E-state index in [-0.39, 0.29) is 23.8 Å². The summed E-state index contributed by atoms with van der Waals surface area (Å²) in [6.45, 7) is 6.18. The smallest absolute Gasteiger partial charge is 0.227 e. The van der Waals surface area contributed by atoms with Gasteiger partial charge in [-0.15, -0.1) is 0 Å². The topological polar surface area (TPSA) is 87.3 Å². The number of carbonyl (C=O) groups is 1. The average molecular weight is 277 g/mol. The molecule has 1 unspecified atom stereocenters. The van der Waals surface area contributed by atoms with Crippen molar-refractivity contribution < 1.29 is 13.2 Å². The zero-order chi connectivity index (χ0) is 13.8. The molecule has 1 aliphatic heterocycles. The van der Waals surface area contributed by atoms with Crippen molar-refractivity contribution in [2.24, 2.45) is 11.3 Å². The van der Waals surface area contributed by atoms with Gasteiger partial charge in [0.1, 0.15) is 0 Å². The summed E-state index contributed by atoms with van der Waals surface area (Å²) in [5.74, 6) is 0.271. The Labute approximate surface area is 109 Å². The minimum atomic E-state index is -3.19. The van der Waals surface area contributed by atoms with Crippen molar-refractivity contribution in [3.63, 3.8) is 0 Å². The van der Waals surface area contributed by atoms with E-state index in [0.717, 1.165) is 19.2 Å². The van der Waals surface area contributed by atoms with Gasteiger partial charge in [-0.2, -0.15) is 0 Å². The van der Waals surface area contributed by atoms with Crippen LogP contribution in [0.15, 0.2) is 0 Å². The van der Waals surface area contributed by atoms with Crippen LogP contribution >= 0.6 is 0 Å². The van der Waals surface area contributed by atoms with Crippen LogP contribution in [0.4, 0.5) is 0 Å². The number of rotatable bonds is 6. The van der Waals surface area contributed by atoms with Crippen molar-refractivity contribution in [2.75, 3.05) is 32.4 Å². The van der Waals surface area contributed by atoms with Gasteiger partial charge in [0, 0.05) is 19.6 Å². The maximum atomic E-state index is 12.2. The van der Waals surface area contributed by atoms with Crippen molar-refractivity contribution in [3.8, 4) is 0 Å². The Balaban J connectivity index is 2.44. The number of amides is 1. The average Bonchev–Trinajstić information content (AvgIpc) is 2.72. The molecular formula is C11H23N3O3S. The third kappa shape index (κ3) is 3.93. The second-order valence-electron chi connectivity index (χ2n) is 5.16. The largest absolute Gasteiger partial charge is 0.354 e. The molecule has 0 aromatic carbocycles. The standard InChI is InChI=1S/C11H23N3O3S/c1-9(2)11(4-5-12-8-11)10(15)13-6-7-14-18(3,16)17/h9,12,14H,4-8H2,1-3H3,(H,13,15). The first-order valence-corrected chi connectivity index (χ1v) is 8.11. The lowest BCUT2D eigenvalue weighted by atomic mass is 9.75. The van der Waals surface area contributed by atoms with Crippen LogP contribution in [0.3, 0.4) is 0 Å². The third-order valence-electron chi connectivity index (χ3n) is 3.52. The van der Waals surface area contributed by atoms with E-state index in [2.05, 4.69) is 15.4 Å². The molecule has 1 atom stereocenters. The van der Waals surface area contributed by atoms with Crippen molar-refractivity contribution >= 4 is 15.9 Å². The van der Waals surface area contributed by atoms with Gasteiger partial charge in [-0.1, -0.05) is 13.8 Å². The predicted molar refractivity (Wildman–Crippen MR) is 70.6 cm³/mol. The molecule has 1 fully saturated rings. The van der Waals surface area contributed by atoms with Gasteiger partial charge < -0.3 is 10.6 Å². The molecule has 1 amide bonds. The predicted octanol–water partition coefficient (Wildman–Crippen LogP) is -0.712. The zero-order valence-corrected chi connectivity index (χ0v) is 12.1. The van der Waals surface area contributed by atoms with Crippen molar-refractivity contribution in [3.05, 3.63) is 0 Å². The second-order valence-corrected chi connectivity index (χ2v) is 6.99. The number of nitrogens with one attached hydrogen (secondary N) is 3. The quantitative estimate of drug-likeness (QED) is 0.560. The number of hydrogen-bond acceptors (Lipinski definition) is 4. The maximum Gasteiger partial charge on any atom is 0.227 e. The Bertz CT molecular complexity index is 386. The minimum Gasteiger partial charge on any atom is -0.354 e. The van der Waals surface area contributed by atoms with Crippen molar-refractivity contribution in [1.29, 1.82) is 0 Å². The van der Waals surface area contributed by atoms with Crippen LogP contribution in [0, 0.1) is 11.3 Å². The van der Waals surface area contributed by atoms with Crippen LogP contribution in [-0.4, -0.2) is 46.8 Å². The summed E-state index contributed by atoms with van der Waals surface area (Å²) in [4.78, 5) is 12.2. The molecule has 0 spiro atoms. The molecule has 1 rings (SSSR count). The van der Waals surface area contributed by atoms with Crippen LogP contribution in [0.5, 0.6) is 0 Å². The van der Waals surface area contributed by atoms with E-state index in [4.69, 9.17) is 0 Å². The van der Waals surface area contributed by atoms with Gasteiger partial charge in [-0.05, 0) is 18.9 Å². The summed E-state index contributed by atoms with van der Waals surface area (Å²) in [5.41, 5.74) is -0.356. The van der Waals surface area contributed by atoms with Gasteiger partial charge >= 0.3 is 0 Å². The summed E-state index contributed by atoms with van der Waals surface area (Å²) < 4.78 is 24.1. The number of sulfonamides is 1. The molecule has 1 saturated heterocycles. The Morgan fingerprint density at radius 1 is 1.39 bits per heavy atom. The highest BCUT2D eigenvalue weighted by Gasteiger charge is 2.43. The maximum absolute atomic E-state index is 12.2. The molecule has 0 saturated carbocycles. The molecule has 0 aromatic rings. The van der Waals surface area contributed by atoms with Crippen molar-refractivity contribution in [2.45, 2.75) is 20.3 Å². The molecule has 0 bridgehead atoms. The van der Waals surface area contributed by atoms with Crippen molar-refractivity contribution in [1.82, 2.24) is 15.4 Å². The van der Waals surface area contributed by atoms with Gasteiger partial charge in [0.05, 0.1) is 11.7 Å². The van der Waals surface area contributed by atoms with E-state index in [1.54, 1.807) is 0 Å². The molecule has 106 valence electrons. The van der Waals surface area contributed by atoms with Gasteiger partial charge in [0.25, 0.3) is 0 Å². The van der Waals surface area contributed by atoms with Gasteiger partial charge in [-0.3, -0.25) is 4.79 Å². The molecule has 1 aliphatic rings. The number of hydrogen-bond donors (Lipinski definition) is 3. The van der Waals surface area contributed by atoms with Crippen LogP contribution in [-0.2, 0) is 14.8 Å². The zero-order valence-electron chi connectivity index (χ0n) is 11.2. The first kappa shape index (κ1) is 15.4. The van der Waals surface area contributed by atoms with Crippen LogP contribution < -0.4 is 15.4 Å². The van der Waals surface area contributed by atoms with Gasteiger partial charge in [0.2, 0.25) is 15.9 Å². The molecule has 0 aromatic heterocycles. The molecule has 0 radical (unpaired) electrons. The van der Waals surface area contributed by atoms with E-state index >= 15 is 0 Å². The SMILES string of the molecule is CC(C)C1(C(=O)NCCNS(C)(=O)=O)CCNC1. The molecular weight excluding hydrogens is 254 g/mol.